The minimum atomic E-state index is -0.952. The Balaban J connectivity index is 2.37. The van der Waals surface area contributed by atoms with E-state index < -0.39 is 5.97 Å². The summed E-state index contributed by atoms with van der Waals surface area (Å²) in [5, 5.41) is 12.2. The number of carboxylic acids is 1. The van der Waals surface area contributed by atoms with Gasteiger partial charge in [0.05, 0.1) is 11.3 Å². The SMILES string of the molecule is O=C(O)c1ccccc1Nc1cc(Br)cc(Br)c1. The topological polar surface area (TPSA) is 49.3 Å². The molecule has 2 aromatic carbocycles. The Labute approximate surface area is 121 Å². The fourth-order valence-corrected chi connectivity index (χ4v) is 2.85. The Morgan fingerprint density at radius 1 is 1.06 bits per heavy atom. The molecule has 18 heavy (non-hydrogen) atoms. The van der Waals surface area contributed by atoms with E-state index in [4.69, 9.17) is 5.11 Å². The summed E-state index contributed by atoms with van der Waals surface area (Å²) in [6.07, 6.45) is 0. The Bertz CT molecular complexity index is 579. The van der Waals surface area contributed by atoms with Gasteiger partial charge in [-0.05, 0) is 30.3 Å². The van der Waals surface area contributed by atoms with Gasteiger partial charge < -0.3 is 10.4 Å². The first kappa shape index (κ1) is 13.1. The molecule has 0 amide bonds. The van der Waals surface area contributed by atoms with Crippen LogP contribution >= 0.6 is 31.9 Å². The summed E-state index contributed by atoms with van der Waals surface area (Å²) >= 11 is 6.77. The highest BCUT2D eigenvalue weighted by Gasteiger charge is 2.09. The molecule has 0 radical (unpaired) electrons. The van der Waals surface area contributed by atoms with Gasteiger partial charge in [0.15, 0.2) is 0 Å². The van der Waals surface area contributed by atoms with Crippen molar-refractivity contribution in [1.82, 2.24) is 0 Å². The molecule has 0 bridgehead atoms. The van der Waals surface area contributed by atoms with Crippen molar-refractivity contribution >= 4 is 49.2 Å². The first-order valence-electron chi connectivity index (χ1n) is 5.12. The van der Waals surface area contributed by atoms with E-state index in [1.807, 2.05) is 18.2 Å². The number of aromatic carboxylic acids is 1. The van der Waals surface area contributed by atoms with Gasteiger partial charge in [-0.3, -0.25) is 0 Å². The van der Waals surface area contributed by atoms with Crippen molar-refractivity contribution in [2.45, 2.75) is 0 Å². The van der Waals surface area contributed by atoms with Crippen LogP contribution in [0.1, 0.15) is 10.4 Å². The van der Waals surface area contributed by atoms with Crippen molar-refractivity contribution in [1.29, 1.82) is 0 Å². The lowest BCUT2D eigenvalue weighted by Crippen LogP contribution is -2.02. The lowest BCUT2D eigenvalue weighted by molar-refractivity contribution is 0.0698. The van der Waals surface area contributed by atoms with Gasteiger partial charge in [0.1, 0.15) is 0 Å². The van der Waals surface area contributed by atoms with Crippen molar-refractivity contribution in [2.24, 2.45) is 0 Å². The quantitative estimate of drug-likeness (QED) is 0.826. The largest absolute Gasteiger partial charge is 0.478 e. The number of hydrogen-bond acceptors (Lipinski definition) is 2. The number of benzene rings is 2. The lowest BCUT2D eigenvalue weighted by Gasteiger charge is -2.10. The Kier molecular flexibility index (Phi) is 4.04. The molecule has 0 saturated heterocycles. The summed E-state index contributed by atoms with van der Waals surface area (Å²) < 4.78 is 1.82. The van der Waals surface area contributed by atoms with Gasteiger partial charge in [0.2, 0.25) is 0 Å². The maximum atomic E-state index is 11.1. The fraction of sp³-hybridized carbons (Fsp3) is 0. The summed E-state index contributed by atoms with van der Waals surface area (Å²) in [7, 11) is 0. The van der Waals surface area contributed by atoms with Crippen LogP contribution in [0.4, 0.5) is 11.4 Å². The molecule has 0 aliphatic rings. The second-order valence-electron chi connectivity index (χ2n) is 3.63. The first-order valence-corrected chi connectivity index (χ1v) is 6.70. The number of carboxylic acid groups (broad SMARTS) is 1. The molecule has 0 unspecified atom stereocenters. The van der Waals surface area contributed by atoms with E-state index in [9.17, 15) is 4.79 Å². The second kappa shape index (κ2) is 5.54. The predicted octanol–water partition coefficient (Wildman–Crippen LogP) is 4.65. The zero-order valence-corrected chi connectivity index (χ0v) is 12.3. The van der Waals surface area contributed by atoms with Crippen molar-refractivity contribution in [2.75, 3.05) is 5.32 Å². The lowest BCUT2D eigenvalue weighted by atomic mass is 10.1. The van der Waals surface area contributed by atoms with Crippen LogP contribution in [0.3, 0.4) is 0 Å². The van der Waals surface area contributed by atoms with Gasteiger partial charge in [-0.1, -0.05) is 44.0 Å². The van der Waals surface area contributed by atoms with Crippen LogP contribution in [0.15, 0.2) is 51.4 Å². The van der Waals surface area contributed by atoms with Crippen LogP contribution in [-0.2, 0) is 0 Å². The first-order chi connectivity index (χ1) is 8.56. The fourth-order valence-electron chi connectivity index (χ4n) is 1.56. The highest BCUT2D eigenvalue weighted by molar-refractivity contribution is 9.11. The summed E-state index contributed by atoms with van der Waals surface area (Å²) in [5.41, 5.74) is 1.62. The average molecular weight is 371 g/mol. The third-order valence-corrected chi connectivity index (χ3v) is 3.21. The zero-order valence-electron chi connectivity index (χ0n) is 9.15. The summed E-state index contributed by atoms with van der Waals surface area (Å²) in [6.45, 7) is 0. The van der Waals surface area contributed by atoms with Gasteiger partial charge in [-0.15, -0.1) is 0 Å². The normalized spacial score (nSPS) is 10.1. The molecule has 92 valence electrons. The molecule has 0 saturated carbocycles. The molecule has 0 aromatic heterocycles. The molecule has 0 heterocycles. The van der Waals surface area contributed by atoms with Gasteiger partial charge in [0.25, 0.3) is 0 Å². The minimum absolute atomic E-state index is 0.244. The monoisotopic (exact) mass is 369 g/mol. The molecule has 0 aliphatic heterocycles. The highest BCUT2D eigenvalue weighted by Crippen LogP contribution is 2.27. The van der Waals surface area contributed by atoms with Gasteiger partial charge >= 0.3 is 5.97 Å². The molecule has 0 aliphatic carbocycles. The zero-order chi connectivity index (χ0) is 13.1. The number of hydrogen-bond donors (Lipinski definition) is 2. The number of rotatable bonds is 3. The van der Waals surface area contributed by atoms with Crippen LogP contribution < -0.4 is 5.32 Å². The molecule has 0 spiro atoms. The maximum Gasteiger partial charge on any atom is 0.337 e. The van der Waals surface area contributed by atoms with Crippen LogP contribution in [0.25, 0.3) is 0 Å². The van der Waals surface area contributed by atoms with E-state index in [1.165, 1.54) is 0 Å². The maximum absolute atomic E-state index is 11.1. The van der Waals surface area contributed by atoms with Gasteiger partial charge in [-0.2, -0.15) is 0 Å². The van der Waals surface area contributed by atoms with Crippen LogP contribution in [0.5, 0.6) is 0 Å². The van der Waals surface area contributed by atoms with E-state index in [2.05, 4.69) is 37.2 Å². The van der Waals surface area contributed by atoms with Crippen molar-refractivity contribution in [3.8, 4) is 0 Å². The number of para-hydroxylation sites is 1. The summed E-state index contributed by atoms with van der Waals surface area (Å²) in [6, 6.07) is 12.5. The standard InChI is InChI=1S/C13H9Br2NO2/c14-8-5-9(15)7-10(6-8)16-12-4-2-1-3-11(12)13(17)18/h1-7,16H,(H,17,18). The smallest absolute Gasteiger partial charge is 0.337 e. The Morgan fingerprint density at radius 3 is 2.28 bits per heavy atom. The van der Waals surface area contributed by atoms with Gasteiger partial charge in [-0.25, -0.2) is 4.79 Å². The Morgan fingerprint density at radius 2 is 1.67 bits per heavy atom. The van der Waals surface area contributed by atoms with E-state index in [1.54, 1.807) is 24.3 Å². The Hall–Kier alpha value is -1.33. The van der Waals surface area contributed by atoms with E-state index in [-0.39, 0.29) is 5.56 Å². The van der Waals surface area contributed by atoms with Crippen molar-refractivity contribution in [3.05, 3.63) is 57.0 Å². The second-order valence-corrected chi connectivity index (χ2v) is 5.47. The number of nitrogens with one attached hydrogen (secondary N) is 1. The van der Waals surface area contributed by atoms with E-state index >= 15 is 0 Å². The van der Waals surface area contributed by atoms with E-state index in [0.29, 0.717) is 5.69 Å². The molecular weight excluding hydrogens is 362 g/mol. The molecule has 2 rings (SSSR count). The predicted molar refractivity (Wildman–Crippen MR) is 78.5 cm³/mol. The van der Waals surface area contributed by atoms with E-state index in [0.717, 1.165) is 14.6 Å². The van der Waals surface area contributed by atoms with Gasteiger partial charge in [0, 0.05) is 14.6 Å². The molecule has 5 heteroatoms. The van der Waals surface area contributed by atoms with Crippen LogP contribution in [0, 0.1) is 0 Å². The molecule has 2 aromatic rings. The number of carbonyl (C=O) groups is 1. The number of anilines is 2. The molecule has 3 nitrogen and oxygen atoms in total. The number of halogens is 2. The average Bonchev–Trinajstić information content (AvgIpc) is 2.27. The molecule has 0 fully saturated rings. The third-order valence-electron chi connectivity index (χ3n) is 2.30. The molecule has 0 atom stereocenters. The van der Waals surface area contributed by atoms with Crippen molar-refractivity contribution < 1.29 is 9.90 Å². The van der Waals surface area contributed by atoms with Crippen molar-refractivity contribution in [3.63, 3.8) is 0 Å². The third kappa shape index (κ3) is 3.11. The molecule has 2 N–H and O–H groups in total. The van der Waals surface area contributed by atoms with Crippen LogP contribution in [0.2, 0.25) is 0 Å². The summed E-state index contributed by atoms with van der Waals surface area (Å²) in [5.74, 6) is -0.952. The van der Waals surface area contributed by atoms with Crippen LogP contribution in [-0.4, -0.2) is 11.1 Å². The minimum Gasteiger partial charge on any atom is -0.478 e. The summed E-state index contributed by atoms with van der Waals surface area (Å²) in [4.78, 5) is 11.1. The molecular formula is C13H9Br2NO2. The highest BCUT2D eigenvalue weighted by atomic mass is 79.9.